The van der Waals surface area contributed by atoms with E-state index >= 15 is 0 Å². The van der Waals surface area contributed by atoms with E-state index in [4.69, 9.17) is 0 Å². The molecule has 0 aliphatic rings. The minimum absolute atomic E-state index is 0. The van der Waals surface area contributed by atoms with E-state index in [0.29, 0.717) is 0 Å². The van der Waals surface area contributed by atoms with Gasteiger partial charge in [0.15, 0.2) is 0 Å². The smallest absolute Gasteiger partial charge is 1.00 e. The summed E-state index contributed by atoms with van der Waals surface area (Å²) < 4.78 is 9.56. The first kappa shape index (κ1) is 37.8. The Morgan fingerprint density at radius 3 is 1.23 bits per heavy atom. The zero-order valence-corrected chi connectivity index (χ0v) is 17.3. The second-order valence-corrected chi connectivity index (χ2v) is 4.65. The topological polar surface area (TPSA) is 106 Å². The fraction of sp³-hybridized carbons (Fsp3) is 0.167. The Morgan fingerprint density at radius 1 is 0.773 bits per heavy atom. The van der Waals surface area contributed by atoms with Gasteiger partial charge in [-0.15, -0.1) is 0 Å². The molecule has 2 aromatic rings. The van der Waals surface area contributed by atoms with E-state index in [0.717, 1.165) is 11.4 Å². The predicted molar refractivity (Wildman–Crippen MR) is 74.7 cm³/mol. The molecule has 0 aliphatic heterocycles. The average Bonchev–Trinajstić information content (AvgIpc) is 2.31. The van der Waals surface area contributed by atoms with Crippen LogP contribution in [0.3, 0.4) is 0 Å². The van der Waals surface area contributed by atoms with Crippen LogP contribution in [0.5, 0.6) is 0 Å². The Kier molecular flexibility index (Phi) is 39.8. The van der Waals surface area contributed by atoms with Gasteiger partial charge in [-0.3, -0.25) is 14.2 Å². The van der Waals surface area contributed by atoms with Crippen LogP contribution in [0.4, 0.5) is 0 Å². The van der Waals surface area contributed by atoms with Crippen molar-refractivity contribution in [1.82, 2.24) is 9.97 Å². The summed E-state index contributed by atoms with van der Waals surface area (Å²) in [6, 6.07) is 11.6. The fourth-order valence-electron chi connectivity index (χ4n) is 1.03. The van der Waals surface area contributed by atoms with Gasteiger partial charge in [0.05, 0.1) is 11.4 Å². The number of nitrogens with zero attached hydrogens (tertiary/aromatic N) is 2. The first-order valence-corrected chi connectivity index (χ1v) is 6.74. The van der Waals surface area contributed by atoms with Gasteiger partial charge in [-0.1, -0.05) is 12.1 Å². The molecule has 0 spiro atoms. The van der Waals surface area contributed by atoms with Crippen LogP contribution >= 0.6 is 0 Å². The summed E-state index contributed by atoms with van der Waals surface area (Å²) in [4.78, 5) is 8.37. The third-order valence-corrected chi connectivity index (χ3v) is 1.59. The molecule has 0 saturated carbocycles. The number of halogens is 3. The molecule has 0 aliphatic carbocycles. The minimum atomic E-state index is -0.611. The van der Waals surface area contributed by atoms with Gasteiger partial charge in [-0.2, -0.15) is 0 Å². The summed E-state index contributed by atoms with van der Waals surface area (Å²) in [6.07, 6.45) is 6.81. The van der Waals surface area contributed by atoms with Crippen molar-refractivity contribution in [1.29, 1.82) is 0 Å². The second-order valence-electron chi connectivity index (χ2n) is 3.17. The van der Waals surface area contributed by atoms with Crippen LogP contribution in [0, 0.1) is 0 Å². The van der Waals surface area contributed by atoms with Crippen molar-refractivity contribution in [2.75, 3.05) is 12.5 Å². The van der Waals surface area contributed by atoms with Crippen LogP contribution < -0.4 is 37.2 Å². The van der Waals surface area contributed by atoms with Crippen molar-refractivity contribution in [2.45, 2.75) is 0 Å². The zero-order chi connectivity index (χ0) is 11.8. The van der Waals surface area contributed by atoms with Crippen LogP contribution in [0.25, 0.3) is 11.4 Å². The van der Waals surface area contributed by atoms with Gasteiger partial charge >= 0.3 is 20.1 Å². The molecule has 22 heavy (non-hydrogen) atoms. The van der Waals surface area contributed by atoms with Crippen molar-refractivity contribution in [3.63, 3.8) is 0 Å². The number of hydrogen-bond acceptors (Lipinski definition) is 3. The molecule has 0 unspecified atom stereocenters. The molecule has 10 heteroatoms. The molecule has 0 aromatic carbocycles. The van der Waals surface area contributed by atoms with Gasteiger partial charge < -0.3 is 48.2 Å². The molecule has 2 rings (SSSR count). The molecule has 2 heterocycles. The maximum absolute atomic E-state index is 9.56. The van der Waals surface area contributed by atoms with E-state index in [9.17, 15) is 4.21 Å². The molecule has 4 N–H and O–H groups in total. The zero-order valence-electron chi connectivity index (χ0n) is 11.8. The van der Waals surface area contributed by atoms with Crippen LogP contribution in [0.2, 0.25) is 0 Å². The number of hydrogen-bond donors (Lipinski definition) is 0. The Labute approximate surface area is 165 Å². The standard InChI is InChI=1S/C10H8N2.C2H6OS.3ClH.Ir.2H2O/c1-3-7-11-9(5-1)10-6-2-4-8-12-10;1-4(2)3;;;;;;/h1-8H;1-2H3;3*1H;;2*1H2/q;;;;;+3;;/p-3. The summed E-state index contributed by atoms with van der Waals surface area (Å²) >= 11 is 0. The Balaban J connectivity index is -0.0000000587. The minimum Gasteiger partial charge on any atom is -1.00 e. The van der Waals surface area contributed by atoms with Crippen LogP contribution in [0.1, 0.15) is 0 Å². The molecular weight excluding hydrogens is 551 g/mol. The third kappa shape index (κ3) is 17.9. The summed E-state index contributed by atoms with van der Waals surface area (Å²) in [7, 11) is -0.611. The van der Waals surface area contributed by atoms with Gasteiger partial charge in [0.25, 0.3) is 0 Å². The molecule has 0 amide bonds. The largest absolute Gasteiger partial charge is 3.00 e. The van der Waals surface area contributed by atoms with Crippen molar-refractivity contribution < 1.29 is 72.5 Å². The number of aromatic nitrogens is 2. The van der Waals surface area contributed by atoms with Crippen molar-refractivity contribution in [3.05, 3.63) is 48.8 Å². The monoisotopic (exact) mass is 568 g/mol. The van der Waals surface area contributed by atoms with Crippen LogP contribution in [-0.4, -0.2) is 37.6 Å². The SMILES string of the molecule is CS(C)=O.O.O.[Cl-].[Cl-].[Cl-].[Ir+3].c1ccc(-c2ccccn2)nc1. The molecule has 5 nitrogen and oxygen atoms in total. The van der Waals surface area contributed by atoms with Gasteiger partial charge in [0.1, 0.15) is 0 Å². The van der Waals surface area contributed by atoms with E-state index in [2.05, 4.69) is 9.97 Å². The predicted octanol–water partition coefficient (Wildman–Crippen LogP) is -8.50. The van der Waals surface area contributed by atoms with Gasteiger partial charge in [-0.05, 0) is 24.3 Å². The van der Waals surface area contributed by atoms with Crippen LogP contribution in [0.15, 0.2) is 48.8 Å². The number of pyridine rings is 2. The van der Waals surface area contributed by atoms with Crippen LogP contribution in [-0.2, 0) is 30.9 Å². The third-order valence-electron chi connectivity index (χ3n) is 1.59. The maximum Gasteiger partial charge on any atom is 3.00 e. The summed E-state index contributed by atoms with van der Waals surface area (Å²) in [5.74, 6) is 0. The summed E-state index contributed by atoms with van der Waals surface area (Å²) in [6.45, 7) is 0. The quantitative estimate of drug-likeness (QED) is 0.341. The van der Waals surface area contributed by atoms with E-state index in [1.807, 2.05) is 36.4 Å². The van der Waals surface area contributed by atoms with Gasteiger partial charge in [-0.25, -0.2) is 0 Å². The molecule has 2 aromatic heterocycles. The summed E-state index contributed by atoms with van der Waals surface area (Å²) in [5.41, 5.74) is 1.83. The fourth-order valence-corrected chi connectivity index (χ4v) is 1.03. The molecule has 0 fully saturated rings. The van der Waals surface area contributed by atoms with Crippen molar-refractivity contribution in [3.8, 4) is 11.4 Å². The molecule has 0 bridgehead atoms. The molecule has 0 atom stereocenters. The molecule has 0 radical (unpaired) electrons. The summed E-state index contributed by atoms with van der Waals surface area (Å²) in [5, 5.41) is 0. The Morgan fingerprint density at radius 2 is 1.05 bits per heavy atom. The first-order chi connectivity index (χ1) is 7.70. The number of rotatable bonds is 1. The van der Waals surface area contributed by atoms with Crippen molar-refractivity contribution >= 4 is 10.8 Å². The van der Waals surface area contributed by atoms with E-state index in [1.54, 1.807) is 24.9 Å². The Bertz CT molecular complexity index is 414. The van der Waals surface area contributed by atoms with E-state index in [-0.39, 0.29) is 68.3 Å². The molecular formula is C12H18Cl3IrN2O3S. The van der Waals surface area contributed by atoms with Gasteiger partial charge in [0, 0.05) is 35.7 Å². The first-order valence-electron chi connectivity index (χ1n) is 4.77. The molecule has 0 saturated heterocycles. The van der Waals surface area contributed by atoms with E-state index in [1.165, 1.54) is 0 Å². The normalized spacial score (nSPS) is 6.86. The maximum atomic E-state index is 9.56. The average molecular weight is 569 g/mol. The van der Waals surface area contributed by atoms with E-state index < -0.39 is 10.8 Å². The Hall–Kier alpha value is -0.111. The second kappa shape index (κ2) is 23.2. The molecule has 130 valence electrons. The van der Waals surface area contributed by atoms with Crippen molar-refractivity contribution in [2.24, 2.45) is 0 Å². The van der Waals surface area contributed by atoms with Gasteiger partial charge in [0.2, 0.25) is 0 Å².